The molecule has 0 aliphatic rings. The van der Waals surface area contributed by atoms with E-state index in [1.165, 1.54) is 0 Å². The molecule has 0 radical (unpaired) electrons. The number of fused-ring (bicyclic) bond motifs is 1. The number of aryl methyl sites for hydroxylation is 2. The average molecular weight is 199 g/mol. The van der Waals surface area contributed by atoms with Crippen molar-refractivity contribution in [2.24, 2.45) is 0 Å². The number of pyridine rings is 1. The maximum atomic E-state index is 5.91. The van der Waals surface area contributed by atoms with Gasteiger partial charge in [0.15, 0.2) is 5.15 Å². The monoisotopic (exact) mass is 198 g/mol. The number of aromatic nitrogens is 2. The Balaban J connectivity index is 2.88. The van der Waals surface area contributed by atoms with Crippen molar-refractivity contribution in [1.29, 1.82) is 0 Å². The largest absolute Gasteiger partial charge is 0.239 e. The molecule has 2 aromatic heterocycles. The van der Waals surface area contributed by atoms with Crippen LogP contribution in [0.3, 0.4) is 0 Å². The van der Waals surface area contributed by atoms with E-state index in [0.717, 1.165) is 20.9 Å². The summed E-state index contributed by atoms with van der Waals surface area (Å²) in [6, 6.07) is 2.01. The van der Waals surface area contributed by atoms with Crippen molar-refractivity contribution in [3.05, 3.63) is 21.9 Å². The van der Waals surface area contributed by atoms with Crippen LogP contribution in [0.2, 0.25) is 5.15 Å². The Morgan fingerprint density at radius 1 is 1.33 bits per heavy atom. The highest BCUT2D eigenvalue weighted by Crippen LogP contribution is 2.26. The SMILES string of the molecule is Cc1cc2sc(C)nc2c(Cl)n1. The fraction of sp³-hybridized carbons (Fsp3) is 0.250. The highest BCUT2D eigenvalue weighted by Gasteiger charge is 2.05. The van der Waals surface area contributed by atoms with Crippen LogP contribution in [0.5, 0.6) is 0 Å². The predicted molar refractivity (Wildman–Crippen MR) is 51.9 cm³/mol. The van der Waals surface area contributed by atoms with Gasteiger partial charge in [0.2, 0.25) is 0 Å². The number of nitrogens with zero attached hydrogens (tertiary/aromatic N) is 2. The Morgan fingerprint density at radius 2 is 2.08 bits per heavy atom. The molecule has 2 rings (SSSR count). The quantitative estimate of drug-likeness (QED) is 0.609. The van der Waals surface area contributed by atoms with Crippen LogP contribution in [0.15, 0.2) is 6.07 Å². The Labute approximate surface area is 79.2 Å². The molecule has 0 unspecified atom stereocenters. The molecule has 0 fully saturated rings. The molecule has 2 nitrogen and oxygen atoms in total. The van der Waals surface area contributed by atoms with Gasteiger partial charge in [0.25, 0.3) is 0 Å². The predicted octanol–water partition coefficient (Wildman–Crippen LogP) is 2.96. The Morgan fingerprint density at radius 3 is 2.83 bits per heavy atom. The van der Waals surface area contributed by atoms with E-state index in [1.807, 2.05) is 19.9 Å². The maximum Gasteiger partial charge on any atom is 0.156 e. The van der Waals surface area contributed by atoms with Crippen molar-refractivity contribution in [2.45, 2.75) is 13.8 Å². The zero-order valence-corrected chi connectivity index (χ0v) is 8.33. The Hall–Kier alpha value is -0.670. The first-order valence-corrected chi connectivity index (χ1v) is 4.76. The van der Waals surface area contributed by atoms with Crippen molar-refractivity contribution in [1.82, 2.24) is 9.97 Å². The topological polar surface area (TPSA) is 25.8 Å². The minimum Gasteiger partial charge on any atom is -0.239 e. The van der Waals surface area contributed by atoms with Crippen LogP contribution in [0, 0.1) is 13.8 Å². The first kappa shape index (κ1) is 7.95. The molecule has 0 N–H and O–H groups in total. The van der Waals surface area contributed by atoms with Gasteiger partial charge in [-0.25, -0.2) is 9.97 Å². The molecule has 0 bridgehead atoms. The third-order valence-electron chi connectivity index (χ3n) is 1.57. The Bertz CT molecular complexity index is 436. The molecule has 0 spiro atoms. The zero-order chi connectivity index (χ0) is 8.72. The van der Waals surface area contributed by atoms with E-state index in [1.54, 1.807) is 11.3 Å². The molecule has 2 aromatic rings. The van der Waals surface area contributed by atoms with E-state index in [2.05, 4.69) is 9.97 Å². The lowest BCUT2D eigenvalue weighted by Crippen LogP contribution is -1.81. The fourth-order valence-electron chi connectivity index (χ4n) is 1.12. The second kappa shape index (κ2) is 2.68. The van der Waals surface area contributed by atoms with Gasteiger partial charge in [0, 0.05) is 5.69 Å². The summed E-state index contributed by atoms with van der Waals surface area (Å²) >= 11 is 7.55. The van der Waals surface area contributed by atoms with Gasteiger partial charge in [0.1, 0.15) is 5.52 Å². The molecule has 2 heterocycles. The molecule has 62 valence electrons. The molecule has 4 heteroatoms. The van der Waals surface area contributed by atoms with Gasteiger partial charge in [-0.15, -0.1) is 11.3 Å². The third kappa shape index (κ3) is 1.19. The molecular weight excluding hydrogens is 192 g/mol. The first-order valence-electron chi connectivity index (χ1n) is 3.57. The van der Waals surface area contributed by atoms with E-state index >= 15 is 0 Å². The second-order valence-corrected chi connectivity index (χ2v) is 4.23. The second-order valence-electron chi connectivity index (χ2n) is 2.63. The van der Waals surface area contributed by atoms with Crippen molar-refractivity contribution < 1.29 is 0 Å². The van der Waals surface area contributed by atoms with Crippen LogP contribution in [0.25, 0.3) is 10.2 Å². The van der Waals surface area contributed by atoms with Crippen molar-refractivity contribution >= 4 is 33.2 Å². The number of hydrogen-bond donors (Lipinski definition) is 0. The minimum atomic E-state index is 0.509. The zero-order valence-electron chi connectivity index (χ0n) is 6.76. The minimum absolute atomic E-state index is 0.509. The number of halogens is 1. The van der Waals surface area contributed by atoms with Gasteiger partial charge in [-0.05, 0) is 19.9 Å². The molecule has 0 aliphatic heterocycles. The lowest BCUT2D eigenvalue weighted by Gasteiger charge is -1.93. The van der Waals surface area contributed by atoms with Crippen LogP contribution in [-0.2, 0) is 0 Å². The van der Waals surface area contributed by atoms with E-state index in [9.17, 15) is 0 Å². The molecule has 0 atom stereocenters. The summed E-state index contributed by atoms with van der Waals surface area (Å²) in [6.45, 7) is 3.90. The van der Waals surface area contributed by atoms with E-state index in [4.69, 9.17) is 11.6 Å². The summed E-state index contributed by atoms with van der Waals surface area (Å²) in [5, 5.41) is 1.54. The molecule has 12 heavy (non-hydrogen) atoms. The molecule has 0 amide bonds. The summed E-state index contributed by atoms with van der Waals surface area (Å²) in [6.07, 6.45) is 0. The lowest BCUT2D eigenvalue weighted by molar-refractivity contribution is 1.21. The van der Waals surface area contributed by atoms with Gasteiger partial charge in [-0.3, -0.25) is 0 Å². The first-order chi connectivity index (χ1) is 5.66. The fourth-order valence-corrected chi connectivity index (χ4v) is 2.38. The van der Waals surface area contributed by atoms with Crippen molar-refractivity contribution in [3.8, 4) is 0 Å². The van der Waals surface area contributed by atoms with Crippen LogP contribution >= 0.6 is 22.9 Å². The van der Waals surface area contributed by atoms with Crippen LogP contribution < -0.4 is 0 Å². The van der Waals surface area contributed by atoms with Crippen LogP contribution in [0.4, 0.5) is 0 Å². The van der Waals surface area contributed by atoms with E-state index in [-0.39, 0.29) is 0 Å². The van der Waals surface area contributed by atoms with Crippen LogP contribution in [-0.4, -0.2) is 9.97 Å². The standard InChI is InChI=1S/C8H7ClN2S/c1-4-3-6-7(8(9)10-4)11-5(2)12-6/h3H,1-2H3. The van der Waals surface area contributed by atoms with Gasteiger partial charge in [0.05, 0.1) is 9.71 Å². The van der Waals surface area contributed by atoms with Gasteiger partial charge in [-0.1, -0.05) is 11.6 Å². The highest BCUT2D eigenvalue weighted by molar-refractivity contribution is 7.18. The third-order valence-corrected chi connectivity index (χ3v) is 2.75. The number of rotatable bonds is 0. The van der Waals surface area contributed by atoms with Crippen LogP contribution in [0.1, 0.15) is 10.7 Å². The normalized spacial score (nSPS) is 10.9. The lowest BCUT2D eigenvalue weighted by atomic mass is 10.4. The van der Waals surface area contributed by atoms with Gasteiger partial charge >= 0.3 is 0 Å². The maximum absolute atomic E-state index is 5.91. The van der Waals surface area contributed by atoms with Gasteiger partial charge < -0.3 is 0 Å². The molecular formula is C8H7ClN2S. The van der Waals surface area contributed by atoms with Crippen molar-refractivity contribution in [3.63, 3.8) is 0 Å². The smallest absolute Gasteiger partial charge is 0.156 e. The molecule has 0 aromatic carbocycles. The summed E-state index contributed by atoms with van der Waals surface area (Å²) in [5.41, 5.74) is 1.76. The van der Waals surface area contributed by atoms with Crippen molar-refractivity contribution in [2.75, 3.05) is 0 Å². The number of thiazole rings is 1. The summed E-state index contributed by atoms with van der Waals surface area (Å²) in [4.78, 5) is 8.40. The average Bonchev–Trinajstić information content (AvgIpc) is 2.29. The highest BCUT2D eigenvalue weighted by atomic mass is 35.5. The molecule has 0 saturated heterocycles. The Kier molecular flexibility index (Phi) is 1.77. The van der Waals surface area contributed by atoms with E-state index in [0.29, 0.717) is 5.15 Å². The van der Waals surface area contributed by atoms with E-state index < -0.39 is 0 Å². The summed E-state index contributed by atoms with van der Waals surface area (Å²) in [5.74, 6) is 0. The molecule has 0 aliphatic carbocycles. The summed E-state index contributed by atoms with van der Waals surface area (Å²) < 4.78 is 1.12. The summed E-state index contributed by atoms with van der Waals surface area (Å²) in [7, 11) is 0. The molecule has 0 saturated carbocycles. The number of hydrogen-bond acceptors (Lipinski definition) is 3. The van der Waals surface area contributed by atoms with Gasteiger partial charge in [-0.2, -0.15) is 0 Å².